The molecule has 5 nitrogen and oxygen atoms in total. The number of halogens is 1. The fourth-order valence-electron chi connectivity index (χ4n) is 2.86. The Kier molecular flexibility index (Phi) is 4.42. The summed E-state index contributed by atoms with van der Waals surface area (Å²) in [6.45, 7) is 2.83. The predicted octanol–water partition coefficient (Wildman–Crippen LogP) is 3.11. The Morgan fingerprint density at radius 3 is 2.76 bits per heavy atom. The summed E-state index contributed by atoms with van der Waals surface area (Å²) in [4.78, 5) is 16.7. The van der Waals surface area contributed by atoms with Crippen LogP contribution in [-0.2, 0) is 11.3 Å². The van der Waals surface area contributed by atoms with Gasteiger partial charge in [0.2, 0.25) is 0 Å². The number of imidazole rings is 1. The molecule has 6 heteroatoms. The van der Waals surface area contributed by atoms with E-state index in [1.807, 2.05) is 42.5 Å². The van der Waals surface area contributed by atoms with Crippen LogP contribution in [0.2, 0.25) is 5.02 Å². The van der Waals surface area contributed by atoms with Gasteiger partial charge in [-0.15, -0.1) is 0 Å². The Morgan fingerprint density at radius 2 is 2.04 bits per heavy atom. The van der Waals surface area contributed by atoms with Crippen LogP contribution in [-0.4, -0.2) is 35.2 Å². The maximum Gasteiger partial charge on any atom is 0.251 e. The van der Waals surface area contributed by atoms with Crippen molar-refractivity contribution in [2.24, 2.45) is 5.92 Å². The Labute approximate surface area is 150 Å². The zero-order valence-electron chi connectivity index (χ0n) is 13.6. The van der Waals surface area contributed by atoms with E-state index >= 15 is 0 Å². The molecule has 128 valence electrons. The van der Waals surface area contributed by atoms with Crippen LogP contribution in [0.1, 0.15) is 15.9 Å². The summed E-state index contributed by atoms with van der Waals surface area (Å²) >= 11 is 5.93. The molecule has 1 fully saturated rings. The minimum absolute atomic E-state index is 0.0685. The van der Waals surface area contributed by atoms with Crippen molar-refractivity contribution in [3.05, 3.63) is 64.9 Å². The lowest BCUT2D eigenvalue weighted by molar-refractivity contribution is -0.0298. The lowest BCUT2D eigenvalue weighted by Crippen LogP contribution is -2.39. The van der Waals surface area contributed by atoms with Crippen LogP contribution in [0.4, 0.5) is 0 Å². The summed E-state index contributed by atoms with van der Waals surface area (Å²) in [6.07, 6.45) is 1.80. The van der Waals surface area contributed by atoms with Crippen molar-refractivity contribution in [2.45, 2.75) is 6.54 Å². The van der Waals surface area contributed by atoms with Crippen LogP contribution < -0.4 is 5.32 Å². The maximum atomic E-state index is 12.3. The average molecular weight is 356 g/mol. The van der Waals surface area contributed by atoms with Crippen LogP contribution in [0.3, 0.4) is 0 Å². The first kappa shape index (κ1) is 16.1. The van der Waals surface area contributed by atoms with Gasteiger partial charge >= 0.3 is 0 Å². The molecule has 0 aliphatic carbocycles. The Balaban J connectivity index is 1.49. The highest BCUT2D eigenvalue weighted by molar-refractivity contribution is 6.30. The first-order chi connectivity index (χ1) is 12.2. The maximum absolute atomic E-state index is 12.3. The molecule has 0 bridgehead atoms. The van der Waals surface area contributed by atoms with Crippen molar-refractivity contribution in [3.8, 4) is 0 Å². The second-order valence-corrected chi connectivity index (χ2v) is 6.75. The molecule has 0 unspecified atom stereocenters. The SMILES string of the molecule is O=C(NCC1COC1)c1ccc2c(c1)ncn2Cc1ccc(Cl)cc1. The van der Waals surface area contributed by atoms with E-state index in [1.165, 1.54) is 0 Å². The highest BCUT2D eigenvalue weighted by Crippen LogP contribution is 2.18. The number of nitrogens with zero attached hydrogens (tertiary/aromatic N) is 2. The second kappa shape index (κ2) is 6.86. The molecule has 25 heavy (non-hydrogen) atoms. The van der Waals surface area contributed by atoms with E-state index in [0.29, 0.717) is 24.6 Å². The monoisotopic (exact) mass is 355 g/mol. The van der Waals surface area contributed by atoms with E-state index < -0.39 is 0 Å². The van der Waals surface area contributed by atoms with Gasteiger partial charge in [-0.1, -0.05) is 23.7 Å². The first-order valence-electron chi connectivity index (χ1n) is 8.24. The molecule has 1 aliphatic rings. The van der Waals surface area contributed by atoms with Gasteiger partial charge in [0.1, 0.15) is 0 Å². The number of rotatable bonds is 5. The molecule has 1 N–H and O–H groups in total. The van der Waals surface area contributed by atoms with E-state index in [9.17, 15) is 4.79 Å². The predicted molar refractivity (Wildman–Crippen MR) is 96.9 cm³/mol. The molecule has 1 aromatic heterocycles. The summed E-state index contributed by atoms with van der Waals surface area (Å²) in [5.74, 6) is 0.368. The van der Waals surface area contributed by atoms with Gasteiger partial charge in [-0.25, -0.2) is 4.98 Å². The lowest BCUT2D eigenvalue weighted by Gasteiger charge is -2.25. The van der Waals surface area contributed by atoms with E-state index in [4.69, 9.17) is 16.3 Å². The van der Waals surface area contributed by atoms with Gasteiger partial charge in [-0.3, -0.25) is 4.79 Å². The third-order valence-electron chi connectivity index (χ3n) is 4.41. The Morgan fingerprint density at radius 1 is 1.24 bits per heavy atom. The smallest absolute Gasteiger partial charge is 0.251 e. The van der Waals surface area contributed by atoms with Crippen LogP contribution in [0.5, 0.6) is 0 Å². The van der Waals surface area contributed by atoms with Crippen molar-refractivity contribution in [1.29, 1.82) is 0 Å². The van der Waals surface area contributed by atoms with Crippen LogP contribution in [0.15, 0.2) is 48.8 Å². The summed E-state index contributed by atoms with van der Waals surface area (Å²) in [5, 5.41) is 3.68. The van der Waals surface area contributed by atoms with Gasteiger partial charge in [0.05, 0.1) is 30.6 Å². The molecule has 2 aromatic carbocycles. The van der Waals surface area contributed by atoms with Crippen LogP contribution in [0, 0.1) is 5.92 Å². The third-order valence-corrected chi connectivity index (χ3v) is 4.66. The minimum Gasteiger partial charge on any atom is -0.381 e. The second-order valence-electron chi connectivity index (χ2n) is 6.32. The standard InChI is InChI=1S/C19H18ClN3O2/c20-16-4-1-13(2-5-16)9-23-12-22-17-7-15(3-6-18(17)23)19(24)21-8-14-10-25-11-14/h1-7,12,14H,8-11H2,(H,21,24). The lowest BCUT2D eigenvalue weighted by atomic mass is 10.1. The molecule has 1 aliphatic heterocycles. The van der Waals surface area contributed by atoms with Gasteiger partial charge in [0.15, 0.2) is 0 Å². The summed E-state index contributed by atoms with van der Waals surface area (Å²) in [6, 6.07) is 13.4. The quantitative estimate of drug-likeness (QED) is 0.765. The van der Waals surface area contributed by atoms with Crippen molar-refractivity contribution >= 4 is 28.5 Å². The first-order valence-corrected chi connectivity index (χ1v) is 8.62. The van der Waals surface area contributed by atoms with Gasteiger partial charge in [0, 0.05) is 29.6 Å². The highest BCUT2D eigenvalue weighted by Gasteiger charge is 2.19. The zero-order chi connectivity index (χ0) is 17.2. The van der Waals surface area contributed by atoms with E-state index in [0.717, 1.165) is 34.8 Å². The third kappa shape index (κ3) is 3.52. The summed E-state index contributed by atoms with van der Waals surface area (Å²) < 4.78 is 7.18. The molecular formula is C19H18ClN3O2. The molecule has 3 aromatic rings. The molecule has 1 amide bonds. The highest BCUT2D eigenvalue weighted by atomic mass is 35.5. The number of hydrogen-bond acceptors (Lipinski definition) is 3. The van der Waals surface area contributed by atoms with Gasteiger partial charge in [0.25, 0.3) is 5.91 Å². The van der Waals surface area contributed by atoms with Gasteiger partial charge < -0.3 is 14.6 Å². The average Bonchev–Trinajstić information content (AvgIpc) is 2.97. The van der Waals surface area contributed by atoms with Crippen molar-refractivity contribution in [2.75, 3.05) is 19.8 Å². The number of fused-ring (bicyclic) bond motifs is 1. The molecule has 4 rings (SSSR count). The minimum atomic E-state index is -0.0685. The van der Waals surface area contributed by atoms with E-state index in [2.05, 4.69) is 14.9 Å². The van der Waals surface area contributed by atoms with Crippen molar-refractivity contribution in [1.82, 2.24) is 14.9 Å². The molecule has 0 atom stereocenters. The number of ether oxygens (including phenoxy) is 1. The molecule has 0 radical (unpaired) electrons. The Bertz CT molecular complexity index is 901. The van der Waals surface area contributed by atoms with Crippen molar-refractivity contribution in [3.63, 3.8) is 0 Å². The number of hydrogen-bond donors (Lipinski definition) is 1. The fraction of sp³-hybridized carbons (Fsp3) is 0.263. The molecular weight excluding hydrogens is 338 g/mol. The molecule has 0 spiro atoms. The Hall–Kier alpha value is -2.37. The topological polar surface area (TPSA) is 56.1 Å². The summed E-state index contributed by atoms with van der Waals surface area (Å²) in [5.41, 5.74) is 3.59. The number of carbonyl (C=O) groups excluding carboxylic acids is 1. The number of aromatic nitrogens is 2. The van der Waals surface area contributed by atoms with E-state index in [-0.39, 0.29) is 5.91 Å². The van der Waals surface area contributed by atoms with Gasteiger partial charge in [-0.05, 0) is 35.9 Å². The number of nitrogens with one attached hydrogen (secondary N) is 1. The van der Waals surface area contributed by atoms with Crippen LogP contribution >= 0.6 is 11.6 Å². The normalized spacial score (nSPS) is 14.4. The summed E-state index contributed by atoms with van der Waals surface area (Å²) in [7, 11) is 0. The number of amides is 1. The molecule has 2 heterocycles. The van der Waals surface area contributed by atoms with Gasteiger partial charge in [-0.2, -0.15) is 0 Å². The zero-order valence-corrected chi connectivity index (χ0v) is 14.4. The van der Waals surface area contributed by atoms with Crippen LogP contribution in [0.25, 0.3) is 11.0 Å². The molecule has 0 saturated carbocycles. The number of benzene rings is 2. The molecule has 1 saturated heterocycles. The number of carbonyl (C=O) groups is 1. The van der Waals surface area contributed by atoms with Crippen molar-refractivity contribution < 1.29 is 9.53 Å². The fourth-order valence-corrected chi connectivity index (χ4v) is 2.99. The largest absolute Gasteiger partial charge is 0.381 e. The van der Waals surface area contributed by atoms with E-state index in [1.54, 1.807) is 6.33 Å².